The lowest BCUT2D eigenvalue weighted by molar-refractivity contribution is -0.132. The minimum atomic E-state index is -0.981. The Labute approximate surface area is 90.1 Å². The van der Waals surface area contributed by atoms with Crippen molar-refractivity contribution in [2.24, 2.45) is 0 Å². The van der Waals surface area contributed by atoms with Crippen molar-refractivity contribution in [2.45, 2.75) is 0 Å². The summed E-state index contributed by atoms with van der Waals surface area (Å²) < 4.78 is 0. The maximum absolute atomic E-state index is 9.25. The number of carbonyl (C=O) groups is 2. The Bertz CT molecular complexity index is 170. The van der Waals surface area contributed by atoms with Gasteiger partial charge in [-0.1, -0.05) is 13.2 Å². The van der Waals surface area contributed by atoms with E-state index in [1.54, 1.807) is 0 Å². The van der Waals surface area contributed by atoms with Crippen LogP contribution < -0.4 is 6.15 Å². The Morgan fingerprint density at radius 2 is 1.07 bits per heavy atom. The van der Waals surface area contributed by atoms with E-state index in [0.717, 1.165) is 12.2 Å². The summed E-state index contributed by atoms with van der Waals surface area (Å²) in [6, 6.07) is 0. The van der Waals surface area contributed by atoms with Crippen LogP contribution in [0.25, 0.3) is 0 Å². The predicted octanol–water partition coefficient (Wildman–Crippen LogP) is 0.854. The molecule has 0 amide bonds. The van der Waals surface area contributed by atoms with Gasteiger partial charge in [-0.25, -0.2) is 9.59 Å². The van der Waals surface area contributed by atoms with Crippen molar-refractivity contribution in [1.82, 2.24) is 11.1 Å². The minimum Gasteiger partial charge on any atom is -0.478 e. The summed E-state index contributed by atoms with van der Waals surface area (Å²) in [4.78, 5) is 20.5. The van der Waals surface area contributed by atoms with Crippen LogP contribution in [0.3, 0.4) is 0 Å². The van der Waals surface area contributed by atoms with Crippen LogP contribution in [0.2, 0.25) is 0 Å². The second-order valence-electron chi connectivity index (χ2n) is 2.43. The predicted molar refractivity (Wildman–Crippen MR) is 60.3 cm³/mol. The van der Waals surface area contributed by atoms with Crippen LogP contribution in [-0.2, 0) is 9.59 Å². The van der Waals surface area contributed by atoms with Gasteiger partial charge in [0.25, 0.3) is 0 Å². The number of carboxylic acids is 2. The normalized spacial score (nSPS) is 6.67. The van der Waals surface area contributed by atoms with Gasteiger partial charge in [0.15, 0.2) is 0 Å². The van der Waals surface area contributed by atoms with Gasteiger partial charge >= 0.3 is 11.9 Å². The van der Waals surface area contributed by atoms with Crippen LogP contribution in [0, 0.1) is 0 Å². The Morgan fingerprint density at radius 1 is 1.00 bits per heavy atom. The molecule has 6 nitrogen and oxygen atoms in total. The van der Waals surface area contributed by atoms with Gasteiger partial charge in [0, 0.05) is 12.2 Å². The molecule has 0 aromatic heterocycles. The molecule has 0 saturated carbocycles. The first-order valence-corrected chi connectivity index (χ1v) is 3.59. The summed E-state index contributed by atoms with van der Waals surface area (Å²) in [5.74, 6) is -1.96. The van der Waals surface area contributed by atoms with Crippen molar-refractivity contribution in [3.05, 3.63) is 25.3 Å². The number of aliphatic carboxylic acids is 2. The topological polar surface area (TPSA) is 113 Å². The van der Waals surface area contributed by atoms with E-state index in [2.05, 4.69) is 13.2 Å². The zero-order valence-corrected chi connectivity index (χ0v) is 9.43. The molecule has 0 aromatic carbocycles. The highest BCUT2D eigenvalue weighted by atomic mass is 16.4. The Kier molecular flexibility index (Phi) is 28.2. The van der Waals surface area contributed by atoms with Crippen LogP contribution >= 0.6 is 0 Å². The summed E-state index contributed by atoms with van der Waals surface area (Å²) in [7, 11) is 6.00. The molecule has 5 N–H and O–H groups in total. The molecule has 0 aliphatic heterocycles. The quantitative estimate of drug-likeness (QED) is 0.595. The Hall–Kier alpha value is -1.66. The SMILES string of the molecule is C=CC(=O)O.C=CC(=O)O.CN(C)C.N. The molecule has 0 rings (SSSR count). The molecular formula is C9H20N2O4. The molecule has 90 valence electrons. The zero-order valence-electron chi connectivity index (χ0n) is 9.43. The standard InChI is InChI=1S/C3H9N.2C3H4O2.H3N/c1-4(2)3;2*1-2-3(4)5;/h1-3H3;2*2H,1H2,(H,4,5);1H3. The van der Waals surface area contributed by atoms with Crippen molar-refractivity contribution in [3.8, 4) is 0 Å². The highest BCUT2D eigenvalue weighted by Crippen LogP contribution is 1.55. The van der Waals surface area contributed by atoms with E-state index in [1.165, 1.54) is 0 Å². The second-order valence-corrected chi connectivity index (χ2v) is 2.43. The van der Waals surface area contributed by atoms with E-state index in [4.69, 9.17) is 10.2 Å². The number of carboxylic acid groups (broad SMARTS) is 2. The fourth-order valence-electron chi connectivity index (χ4n) is 0. The van der Waals surface area contributed by atoms with Crippen LogP contribution in [0.1, 0.15) is 0 Å². The molecule has 0 heterocycles. The number of hydrogen-bond acceptors (Lipinski definition) is 4. The summed E-state index contributed by atoms with van der Waals surface area (Å²) >= 11 is 0. The third-order valence-corrected chi connectivity index (χ3v) is 0.349. The molecule has 15 heavy (non-hydrogen) atoms. The van der Waals surface area contributed by atoms with Crippen LogP contribution in [0.4, 0.5) is 0 Å². The molecule has 0 aliphatic rings. The molecule has 0 fully saturated rings. The van der Waals surface area contributed by atoms with E-state index < -0.39 is 11.9 Å². The largest absolute Gasteiger partial charge is 0.478 e. The summed E-state index contributed by atoms with van der Waals surface area (Å²) in [5.41, 5.74) is 0. The van der Waals surface area contributed by atoms with Crippen molar-refractivity contribution in [1.29, 1.82) is 0 Å². The van der Waals surface area contributed by atoms with Crippen LogP contribution in [0.5, 0.6) is 0 Å². The third kappa shape index (κ3) is 241. The van der Waals surface area contributed by atoms with Gasteiger partial charge < -0.3 is 21.3 Å². The average molecular weight is 220 g/mol. The van der Waals surface area contributed by atoms with E-state index in [9.17, 15) is 9.59 Å². The van der Waals surface area contributed by atoms with Gasteiger partial charge in [-0.2, -0.15) is 0 Å². The smallest absolute Gasteiger partial charge is 0.327 e. The molecule has 0 aliphatic carbocycles. The molecule has 0 radical (unpaired) electrons. The minimum absolute atomic E-state index is 0. The highest BCUT2D eigenvalue weighted by molar-refractivity contribution is 5.79. The fourth-order valence-corrected chi connectivity index (χ4v) is 0. The summed E-state index contributed by atoms with van der Waals surface area (Å²) in [5, 5.41) is 15.2. The average Bonchev–Trinajstić information content (AvgIpc) is 2.04. The first-order valence-electron chi connectivity index (χ1n) is 3.59. The molecule has 0 spiro atoms. The molecular weight excluding hydrogens is 200 g/mol. The third-order valence-electron chi connectivity index (χ3n) is 0.349. The van der Waals surface area contributed by atoms with Gasteiger partial charge in [-0.3, -0.25) is 0 Å². The first kappa shape index (κ1) is 23.3. The maximum atomic E-state index is 9.25. The molecule has 0 saturated heterocycles. The zero-order chi connectivity index (χ0) is 12.1. The first-order chi connectivity index (χ1) is 6.27. The lowest BCUT2D eigenvalue weighted by Gasteiger charge is -1.90. The van der Waals surface area contributed by atoms with Gasteiger partial charge in [0.05, 0.1) is 0 Å². The van der Waals surface area contributed by atoms with E-state index in [1.807, 2.05) is 26.0 Å². The van der Waals surface area contributed by atoms with Gasteiger partial charge in [0.1, 0.15) is 0 Å². The Morgan fingerprint density at radius 3 is 1.07 bits per heavy atom. The van der Waals surface area contributed by atoms with Gasteiger partial charge in [-0.15, -0.1) is 0 Å². The molecule has 0 bridgehead atoms. The van der Waals surface area contributed by atoms with Crippen LogP contribution in [-0.4, -0.2) is 48.2 Å². The molecule has 0 atom stereocenters. The fraction of sp³-hybridized carbons (Fsp3) is 0.333. The van der Waals surface area contributed by atoms with E-state index in [-0.39, 0.29) is 6.15 Å². The van der Waals surface area contributed by atoms with Gasteiger partial charge in [0.2, 0.25) is 0 Å². The van der Waals surface area contributed by atoms with Crippen molar-refractivity contribution < 1.29 is 19.8 Å². The maximum Gasteiger partial charge on any atom is 0.327 e. The summed E-state index contributed by atoms with van der Waals surface area (Å²) in [6.07, 6.45) is 1.67. The summed E-state index contributed by atoms with van der Waals surface area (Å²) in [6.45, 7) is 5.92. The lowest BCUT2D eigenvalue weighted by atomic mass is 10.7. The molecule has 0 aromatic rings. The number of nitrogens with zero attached hydrogens (tertiary/aromatic N) is 1. The monoisotopic (exact) mass is 220 g/mol. The lowest BCUT2D eigenvalue weighted by Crippen LogP contribution is -1.99. The Balaban J connectivity index is -0.0000000590. The van der Waals surface area contributed by atoms with Crippen molar-refractivity contribution in [2.75, 3.05) is 21.1 Å². The van der Waals surface area contributed by atoms with E-state index in [0.29, 0.717) is 0 Å². The second kappa shape index (κ2) is 18.2. The molecule has 6 heteroatoms. The van der Waals surface area contributed by atoms with Crippen LogP contribution in [0.15, 0.2) is 25.3 Å². The van der Waals surface area contributed by atoms with E-state index >= 15 is 0 Å². The van der Waals surface area contributed by atoms with Gasteiger partial charge in [-0.05, 0) is 21.1 Å². The number of rotatable bonds is 2. The van der Waals surface area contributed by atoms with Crippen molar-refractivity contribution in [3.63, 3.8) is 0 Å². The number of hydrogen-bond donors (Lipinski definition) is 3. The molecule has 0 unspecified atom stereocenters. The highest BCUT2D eigenvalue weighted by Gasteiger charge is 1.73. The van der Waals surface area contributed by atoms with Crippen molar-refractivity contribution >= 4 is 11.9 Å².